The highest BCUT2D eigenvalue weighted by Crippen LogP contribution is 2.40. The third-order valence-electron chi connectivity index (χ3n) is 6.10. The second-order valence-electron chi connectivity index (χ2n) is 8.07. The lowest BCUT2D eigenvalue weighted by atomic mass is 10.0. The van der Waals surface area contributed by atoms with Gasteiger partial charge in [0.1, 0.15) is 0 Å². The summed E-state index contributed by atoms with van der Waals surface area (Å²) < 4.78 is 8.00. The van der Waals surface area contributed by atoms with Gasteiger partial charge in [0.25, 0.3) is 0 Å². The van der Waals surface area contributed by atoms with Gasteiger partial charge in [-0.05, 0) is 73.6 Å². The number of rotatable bonds is 6. The van der Waals surface area contributed by atoms with Crippen LogP contribution in [0.5, 0.6) is 0 Å². The first-order chi connectivity index (χ1) is 15.6. The van der Waals surface area contributed by atoms with E-state index in [1.165, 1.54) is 0 Å². The Balaban J connectivity index is 1.55. The van der Waals surface area contributed by atoms with Crippen molar-refractivity contribution >= 4 is 23.3 Å². The molecule has 0 unspecified atom stereocenters. The lowest BCUT2D eigenvalue weighted by molar-refractivity contribution is 0.0697. The molecule has 7 nitrogen and oxygen atoms in total. The molecule has 8 heteroatoms. The molecule has 0 amide bonds. The van der Waals surface area contributed by atoms with Crippen molar-refractivity contribution in [3.05, 3.63) is 83.9 Å². The molecule has 1 aromatic carbocycles. The van der Waals surface area contributed by atoms with Gasteiger partial charge in [-0.2, -0.15) is 0 Å². The summed E-state index contributed by atoms with van der Waals surface area (Å²) in [6.45, 7) is 1.50. The summed E-state index contributed by atoms with van der Waals surface area (Å²) in [5, 5.41) is 13.4. The molecule has 2 aliphatic rings. The molecule has 0 saturated carbocycles. The van der Waals surface area contributed by atoms with Crippen molar-refractivity contribution in [3.8, 4) is 5.69 Å². The largest absolute Gasteiger partial charge is 0.478 e. The van der Waals surface area contributed by atoms with Crippen LogP contribution in [0.3, 0.4) is 0 Å². The Kier molecular flexibility index (Phi) is 5.63. The Morgan fingerprint density at radius 3 is 2.72 bits per heavy atom. The highest BCUT2D eigenvalue weighted by molar-refractivity contribution is 7.80. The fraction of sp³-hybridized carbons (Fsp3) is 0.292. The predicted octanol–water partition coefficient (Wildman–Crippen LogP) is 3.72. The average molecular weight is 449 g/mol. The number of hydrogen-bond donors (Lipinski definition) is 2. The van der Waals surface area contributed by atoms with Crippen LogP contribution in [0.2, 0.25) is 0 Å². The third-order valence-corrected chi connectivity index (χ3v) is 6.45. The predicted molar refractivity (Wildman–Crippen MR) is 124 cm³/mol. The molecule has 164 valence electrons. The number of hydrogen-bond acceptors (Lipinski definition) is 4. The van der Waals surface area contributed by atoms with Gasteiger partial charge < -0.3 is 24.6 Å². The Labute approximate surface area is 191 Å². The number of carbonyl (C=O) groups is 1. The molecule has 2 saturated heterocycles. The number of carboxylic acids is 1. The maximum atomic E-state index is 11.3. The number of carboxylic acid groups (broad SMARTS) is 1. The number of pyridine rings is 1. The fourth-order valence-corrected chi connectivity index (χ4v) is 4.88. The standard InChI is InChI=1S/C24H24N4O3S/c29-23(30)16-8-10-17(11-9-16)27-13-3-7-20(27)22-21(19-6-1-2-12-25-19)26-24(32)28(22)15-18-5-4-14-31-18/h1-3,6-13,18,21-22H,4-5,14-15H2,(H,26,32)(H,29,30)/t18-,21-,22-/m1/s1. The van der Waals surface area contributed by atoms with E-state index in [1.807, 2.05) is 42.6 Å². The Bertz CT molecular complexity index is 1110. The van der Waals surface area contributed by atoms with Gasteiger partial charge in [0, 0.05) is 36.9 Å². The van der Waals surface area contributed by atoms with E-state index in [4.69, 9.17) is 17.0 Å². The van der Waals surface area contributed by atoms with Gasteiger partial charge in [-0.1, -0.05) is 6.07 Å². The zero-order valence-electron chi connectivity index (χ0n) is 17.4. The van der Waals surface area contributed by atoms with Crippen LogP contribution < -0.4 is 5.32 Å². The Morgan fingerprint density at radius 2 is 2.03 bits per heavy atom. The van der Waals surface area contributed by atoms with Gasteiger partial charge >= 0.3 is 5.97 Å². The molecule has 2 aliphatic heterocycles. The Hall–Kier alpha value is -3.23. The topological polar surface area (TPSA) is 79.6 Å². The van der Waals surface area contributed by atoms with Crippen molar-refractivity contribution in [2.45, 2.75) is 31.0 Å². The number of ether oxygens (including phenoxy) is 1. The Morgan fingerprint density at radius 1 is 1.19 bits per heavy atom. The summed E-state index contributed by atoms with van der Waals surface area (Å²) in [4.78, 5) is 18.1. The van der Waals surface area contributed by atoms with Crippen molar-refractivity contribution in [1.82, 2.24) is 19.8 Å². The van der Waals surface area contributed by atoms with Crippen LogP contribution in [-0.4, -0.2) is 49.9 Å². The van der Waals surface area contributed by atoms with Gasteiger partial charge in [0.2, 0.25) is 0 Å². The van der Waals surface area contributed by atoms with Gasteiger partial charge in [-0.3, -0.25) is 4.98 Å². The van der Waals surface area contributed by atoms with Crippen LogP contribution in [0.15, 0.2) is 67.0 Å². The normalized spacial score (nSPS) is 22.8. The molecule has 4 heterocycles. The molecule has 0 radical (unpaired) electrons. The van der Waals surface area contributed by atoms with Crippen molar-refractivity contribution in [2.24, 2.45) is 0 Å². The van der Waals surface area contributed by atoms with E-state index >= 15 is 0 Å². The van der Waals surface area contributed by atoms with Crippen molar-refractivity contribution in [2.75, 3.05) is 13.2 Å². The van der Waals surface area contributed by atoms with Crippen molar-refractivity contribution < 1.29 is 14.6 Å². The van der Waals surface area contributed by atoms with E-state index in [9.17, 15) is 9.90 Å². The summed E-state index contributed by atoms with van der Waals surface area (Å²) in [6, 6.07) is 16.7. The van der Waals surface area contributed by atoms with Gasteiger partial charge in [-0.15, -0.1) is 0 Å². The van der Waals surface area contributed by atoms with Gasteiger partial charge in [0.15, 0.2) is 5.11 Å². The first kappa shape index (κ1) is 20.7. The van der Waals surface area contributed by atoms with E-state index in [1.54, 1.807) is 18.3 Å². The monoisotopic (exact) mass is 448 g/mol. The van der Waals surface area contributed by atoms with E-state index < -0.39 is 5.97 Å². The summed E-state index contributed by atoms with van der Waals surface area (Å²) >= 11 is 5.77. The van der Waals surface area contributed by atoms with Crippen LogP contribution in [-0.2, 0) is 4.74 Å². The molecule has 3 aromatic rings. The summed E-state index contributed by atoms with van der Waals surface area (Å²) in [5.41, 5.74) is 3.12. The molecule has 2 fully saturated rings. The van der Waals surface area contributed by atoms with Crippen LogP contribution in [0.4, 0.5) is 0 Å². The van der Waals surface area contributed by atoms with Crippen molar-refractivity contribution in [3.63, 3.8) is 0 Å². The lowest BCUT2D eigenvalue weighted by Crippen LogP contribution is -2.36. The molecule has 32 heavy (non-hydrogen) atoms. The second-order valence-corrected chi connectivity index (χ2v) is 8.46. The minimum Gasteiger partial charge on any atom is -0.478 e. The van der Waals surface area contributed by atoms with Crippen LogP contribution in [0.25, 0.3) is 5.69 Å². The van der Waals surface area contributed by atoms with Crippen LogP contribution in [0.1, 0.15) is 46.7 Å². The fourth-order valence-electron chi connectivity index (χ4n) is 4.57. The van der Waals surface area contributed by atoms with E-state index in [0.717, 1.165) is 36.5 Å². The van der Waals surface area contributed by atoms with Gasteiger partial charge in [0.05, 0.1) is 29.4 Å². The smallest absolute Gasteiger partial charge is 0.335 e. The quantitative estimate of drug-likeness (QED) is 0.557. The zero-order chi connectivity index (χ0) is 22.1. The van der Waals surface area contributed by atoms with E-state index in [0.29, 0.717) is 11.7 Å². The lowest BCUT2D eigenvalue weighted by Gasteiger charge is -2.30. The highest BCUT2D eigenvalue weighted by Gasteiger charge is 2.42. The maximum Gasteiger partial charge on any atom is 0.335 e. The molecule has 0 bridgehead atoms. The first-order valence-electron chi connectivity index (χ1n) is 10.7. The first-order valence-corrected chi connectivity index (χ1v) is 11.1. The number of aromatic nitrogens is 2. The number of nitrogens with one attached hydrogen (secondary N) is 1. The molecular formula is C24H24N4O3S. The third kappa shape index (κ3) is 3.87. The van der Waals surface area contributed by atoms with E-state index in [2.05, 4.69) is 25.8 Å². The zero-order valence-corrected chi connectivity index (χ0v) is 18.2. The molecule has 0 spiro atoms. The number of aromatic carboxylic acids is 1. The van der Waals surface area contributed by atoms with Gasteiger partial charge in [-0.25, -0.2) is 4.79 Å². The van der Waals surface area contributed by atoms with Crippen LogP contribution >= 0.6 is 12.2 Å². The average Bonchev–Trinajstić information content (AvgIpc) is 3.56. The molecule has 2 aromatic heterocycles. The number of thiocarbonyl (C=S) groups is 1. The molecule has 5 rings (SSSR count). The van der Waals surface area contributed by atoms with Crippen LogP contribution in [0, 0.1) is 0 Å². The number of nitrogens with zero attached hydrogens (tertiary/aromatic N) is 3. The van der Waals surface area contributed by atoms with E-state index in [-0.39, 0.29) is 23.8 Å². The second kappa shape index (κ2) is 8.72. The summed E-state index contributed by atoms with van der Waals surface area (Å²) in [7, 11) is 0. The summed E-state index contributed by atoms with van der Waals surface area (Å²) in [6.07, 6.45) is 6.03. The minimum absolute atomic E-state index is 0.0873. The number of benzene rings is 1. The SMILES string of the molecule is O=C(O)c1ccc(-n2cccc2[C@@H]2[C@@H](c3ccccn3)NC(=S)N2C[C@H]2CCCO2)cc1. The molecular weight excluding hydrogens is 424 g/mol. The molecule has 3 atom stereocenters. The van der Waals surface area contributed by atoms with Crippen molar-refractivity contribution in [1.29, 1.82) is 0 Å². The molecule has 2 N–H and O–H groups in total. The summed E-state index contributed by atoms with van der Waals surface area (Å²) in [5.74, 6) is -0.937. The maximum absolute atomic E-state index is 11.3. The molecule has 0 aliphatic carbocycles. The minimum atomic E-state index is -0.937. The highest BCUT2D eigenvalue weighted by atomic mass is 32.1.